The van der Waals surface area contributed by atoms with Crippen LogP contribution in [0.1, 0.15) is 89.0 Å². The molecule has 19 aromatic carbocycles. The largest absolute Gasteiger partial charge is 0.311 e. The molecule has 0 bridgehead atoms. The lowest BCUT2D eigenvalue weighted by molar-refractivity contribution is 1.28. The highest BCUT2D eigenvalue weighted by Gasteiger charge is 2.19. The summed E-state index contributed by atoms with van der Waals surface area (Å²) in [5, 5.41) is 0. The molecule has 19 aromatic rings. The van der Waals surface area contributed by atoms with Gasteiger partial charge in [0.25, 0.3) is 0 Å². The van der Waals surface area contributed by atoms with Crippen molar-refractivity contribution in [2.75, 3.05) is 24.5 Å². The van der Waals surface area contributed by atoms with E-state index in [2.05, 4.69) is 625 Å². The summed E-state index contributed by atoms with van der Waals surface area (Å²) in [5.41, 5.74) is 34.6. The molecule has 0 radical (unpaired) electrons. The molecular formula is C130H99N5. The van der Waals surface area contributed by atoms with E-state index in [1.807, 2.05) is 0 Å². The van der Waals surface area contributed by atoms with Crippen molar-refractivity contribution in [3.63, 3.8) is 0 Å². The van der Waals surface area contributed by atoms with Gasteiger partial charge in [0.2, 0.25) is 0 Å². The second kappa shape index (κ2) is 43.0. The second-order valence-electron chi connectivity index (χ2n) is 33.1. The SMILES string of the molecule is C(=C\c1ccc(N(c2ccccc2)c2ccccc2)cc1)/c1ccc(/C=C/c2ccc(N(c3ccccc3)c3ccc(/C=C/c4ccc(/C=C/c5ccc(N(c6ccccc6)c6ccc(/C=C/c7ccc(/C=C/c8ccc(N(c9ccccc9)c9ccc(/C=C/c%10ccc(/C=C/c%11ccc(N(c%12ccccc%12)c%12ccccc%12)cc%11)cc%10)cc9)cc8)cc7)cc6)cc5)cc4)cc3)cc2)cc1. The third-order valence-corrected chi connectivity index (χ3v) is 23.8. The standard InChI is InChI=1S/C130H99N5/c1-8-22-116(23-9-1)131(117-24-10-2-11-25-117)123-84-68-108(69-85-123)60-52-100-36-40-102(41-37-100)54-62-110-72-88-125(89-73-110)133(120-30-16-5-17-31-120)127-92-76-112(77-93-127)64-56-104-44-48-106(49-45-104)58-66-114-80-96-129(97-81-114)135(122-34-20-7-21-35-122)130-98-82-115(83-99-130)67-59-107-50-46-105(47-51-107)57-65-113-78-94-128(95-79-113)134(121-32-18-6-19-33-121)126-90-74-111(75-91-126)63-55-103-42-38-101(39-43-103)53-61-109-70-86-124(87-71-109)132(118-26-12-3-13-27-118)119-28-14-4-15-29-119/h1-99H/b60-52+,61-53+,62-54+,63-55+,64-56+,65-57+,66-58+,67-59+. The summed E-state index contributed by atoms with van der Waals surface area (Å²) in [6.07, 6.45) is 34.8. The Morgan fingerprint density at radius 1 is 0.0741 bits per heavy atom. The van der Waals surface area contributed by atoms with E-state index in [4.69, 9.17) is 0 Å². The maximum absolute atomic E-state index is 2.31. The van der Waals surface area contributed by atoms with Gasteiger partial charge in [-0.15, -0.1) is 0 Å². The first kappa shape index (κ1) is 86.5. The summed E-state index contributed by atoms with van der Waals surface area (Å²) in [6, 6.07) is 179. The molecule has 135 heavy (non-hydrogen) atoms. The van der Waals surface area contributed by atoms with E-state index < -0.39 is 0 Å². The van der Waals surface area contributed by atoms with Crippen LogP contribution in [0.3, 0.4) is 0 Å². The summed E-state index contributed by atoms with van der Waals surface area (Å²) in [7, 11) is 0. The van der Waals surface area contributed by atoms with Crippen LogP contribution in [-0.4, -0.2) is 0 Å². The van der Waals surface area contributed by atoms with Gasteiger partial charge in [0.15, 0.2) is 0 Å². The van der Waals surface area contributed by atoms with Crippen LogP contribution in [0.15, 0.2) is 504 Å². The van der Waals surface area contributed by atoms with Crippen LogP contribution < -0.4 is 24.5 Å². The molecule has 0 atom stereocenters. The van der Waals surface area contributed by atoms with Gasteiger partial charge >= 0.3 is 0 Å². The first-order valence-corrected chi connectivity index (χ1v) is 45.9. The van der Waals surface area contributed by atoms with Gasteiger partial charge in [-0.2, -0.15) is 0 Å². The van der Waals surface area contributed by atoms with Crippen molar-refractivity contribution in [1.82, 2.24) is 0 Å². The maximum atomic E-state index is 2.31. The average Bonchev–Trinajstić information content (AvgIpc) is 0.874. The van der Waals surface area contributed by atoms with Crippen molar-refractivity contribution in [3.05, 3.63) is 593 Å². The molecule has 0 saturated heterocycles. The first-order valence-electron chi connectivity index (χ1n) is 45.9. The zero-order valence-corrected chi connectivity index (χ0v) is 74.9. The van der Waals surface area contributed by atoms with Crippen molar-refractivity contribution in [1.29, 1.82) is 0 Å². The minimum atomic E-state index is 1.08. The van der Waals surface area contributed by atoms with Gasteiger partial charge < -0.3 is 24.5 Å². The quantitative estimate of drug-likeness (QED) is 0.0401. The lowest BCUT2D eigenvalue weighted by Crippen LogP contribution is -2.09. The summed E-state index contributed by atoms with van der Waals surface area (Å²) in [5.74, 6) is 0. The Kier molecular flexibility index (Phi) is 27.6. The Morgan fingerprint density at radius 2 is 0.141 bits per heavy atom. The second-order valence-corrected chi connectivity index (χ2v) is 33.1. The highest BCUT2D eigenvalue weighted by atomic mass is 15.2. The van der Waals surface area contributed by atoms with E-state index in [0.29, 0.717) is 0 Å². The smallest absolute Gasteiger partial charge is 0.0462 e. The van der Waals surface area contributed by atoms with Crippen molar-refractivity contribution in [3.8, 4) is 0 Å². The molecule has 0 spiro atoms. The molecule has 0 heterocycles. The Bertz CT molecular complexity index is 6740. The molecule has 0 aliphatic heterocycles. The van der Waals surface area contributed by atoms with Gasteiger partial charge in [0.1, 0.15) is 0 Å². The lowest BCUT2D eigenvalue weighted by atomic mass is 10.1. The van der Waals surface area contributed by atoms with Gasteiger partial charge in [-0.1, -0.05) is 419 Å². The molecule has 0 fully saturated rings. The fraction of sp³-hybridized carbons (Fsp3) is 0. The summed E-state index contributed by atoms with van der Waals surface area (Å²) < 4.78 is 0. The Labute approximate surface area is 794 Å². The van der Waals surface area contributed by atoms with Crippen LogP contribution in [0.25, 0.3) is 97.2 Å². The zero-order chi connectivity index (χ0) is 90.8. The Hall–Kier alpha value is -17.9. The molecular weight excluding hydrogens is 1630 g/mol. The van der Waals surface area contributed by atoms with Crippen molar-refractivity contribution >= 4 is 183 Å². The molecule has 0 aliphatic carbocycles. The van der Waals surface area contributed by atoms with Gasteiger partial charge in [0.05, 0.1) is 0 Å². The lowest BCUT2D eigenvalue weighted by Gasteiger charge is -2.25. The molecule has 0 aromatic heterocycles. The van der Waals surface area contributed by atoms with Crippen LogP contribution in [0, 0.1) is 0 Å². The van der Waals surface area contributed by atoms with Crippen LogP contribution in [0.5, 0.6) is 0 Å². The summed E-state index contributed by atoms with van der Waals surface area (Å²) >= 11 is 0. The highest BCUT2D eigenvalue weighted by Crippen LogP contribution is 2.42. The minimum Gasteiger partial charge on any atom is -0.311 e. The molecule has 0 N–H and O–H groups in total. The number of para-hydroxylation sites is 7. The maximum Gasteiger partial charge on any atom is 0.0462 e. The van der Waals surface area contributed by atoms with Crippen molar-refractivity contribution in [2.24, 2.45) is 0 Å². The third-order valence-electron chi connectivity index (χ3n) is 23.8. The molecule has 0 aliphatic rings. The number of hydrogen-bond acceptors (Lipinski definition) is 5. The number of anilines is 15. The third kappa shape index (κ3) is 22.7. The summed E-state index contributed by atoms with van der Waals surface area (Å²) in [4.78, 5) is 11.5. The molecule has 0 amide bonds. The van der Waals surface area contributed by atoms with E-state index >= 15 is 0 Å². The monoisotopic (exact) mass is 1730 g/mol. The van der Waals surface area contributed by atoms with Gasteiger partial charge in [-0.05, 0) is 271 Å². The number of nitrogens with zero attached hydrogens (tertiary/aromatic N) is 5. The van der Waals surface area contributed by atoms with Crippen LogP contribution in [-0.2, 0) is 0 Å². The number of rotatable bonds is 31. The van der Waals surface area contributed by atoms with Crippen molar-refractivity contribution in [2.45, 2.75) is 0 Å². The van der Waals surface area contributed by atoms with Gasteiger partial charge in [-0.3, -0.25) is 0 Å². The van der Waals surface area contributed by atoms with E-state index in [-0.39, 0.29) is 0 Å². The molecule has 0 unspecified atom stereocenters. The molecule has 0 saturated carbocycles. The normalized spacial score (nSPS) is 11.6. The number of hydrogen-bond donors (Lipinski definition) is 0. The molecule has 5 nitrogen and oxygen atoms in total. The molecule has 19 rings (SSSR count). The van der Waals surface area contributed by atoms with E-state index in [1.165, 1.54) is 0 Å². The molecule has 644 valence electrons. The Morgan fingerprint density at radius 3 is 0.222 bits per heavy atom. The first-order chi connectivity index (χ1) is 66.8. The fourth-order valence-corrected chi connectivity index (χ4v) is 16.6. The van der Waals surface area contributed by atoms with Crippen molar-refractivity contribution < 1.29 is 0 Å². The van der Waals surface area contributed by atoms with E-state index in [9.17, 15) is 0 Å². The molecule has 5 heteroatoms. The predicted octanol–water partition coefficient (Wildman–Crippen LogP) is 36.4. The minimum absolute atomic E-state index is 1.08. The zero-order valence-electron chi connectivity index (χ0n) is 74.9. The van der Waals surface area contributed by atoms with Gasteiger partial charge in [-0.25, -0.2) is 0 Å². The highest BCUT2D eigenvalue weighted by molar-refractivity contribution is 5.87. The van der Waals surface area contributed by atoms with Crippen LogP contribution in [0.4, 0.5) is 85.3 Å². The van der Waals surface area contributed by atoms with E-state index in [0.717, 1.165) is 174 Å². The van der Waals surface area contributed by atoms with Crippen LogP contribution >= 0.6 is 0 Å². The van der Waals surface area contributed by atoms with E-state index in [1.54, 1.807) is 0 Å². The fourth-order valence-electron chi connectivity index (χ4n) is 16.6. The van der Waals surface area contributed by atoms with Crippen LogP contribution in [0.2, 0.25) is 0 Å². The topological polar surface area (TPSA) is 16.2 Å². The van der Waals surface area contributed by atoms with Gasteiger partial charge in [0, 0.05) is 85.3 Å². The number of benzene rings is 19. The Balaban J connectivity index is 0.434. The summed E-state index contributed by atoms with van der Waals surface area (Å²) in [6.45, 7) is 0. The predicted molar refractivity (Wildman–Crippen MR) is 583 cm³/mol. The average molecular weight is 1730 g/mol.